The highest BCUT2D eigenvalue weighted by Gasteiger charge is 2.33. The number of Topliss-reactive ketones (excluding diaryl/α,β-unsaturated/α-hetero) is 2. The summed E-state index contributed by atoms with van der Waals surface area (Å²) in [6, 6.07) is 14.9. The molecule has 4 nitrogen and oxygen atoms in total. The Balaban J connectivity index is 1.64. The van der Waals surface area contributed by atoms with Gasteiger partial charge in [-0.3, -0.25) is 9.59 Å². The van der Waals surface area contributed by atoms with E-state index >= 15 is 0 Å². The molecular weight excluding hydrogens is 302 g/mol. The van der Waals surface area contributed by atoms with Gasteiger partial charge in [0.1, 0.15) is 11.5 Å². The molecule has 24 heavy (non-hydrogen) atoms. The first kappa shape index (κ1) is 16.2. The summed E-state index contributed by atoms with van der Waals surface area (Å²) in [6.07, 6.45) is 0.492. The van der Waals surface area contributed by atoms with Crippen molar-refractivity contribution in [1.29, 1.82) is 0 Å². The quantitative estimate of drug-likeness (QED) is 0.821. The molecule has 0 aliphatic carbocycles. The van der Waals surface area contributed by atoms with E-state index in [0.29, 0.717) is 11.3 Å². The van der Waals surface area contributed by atoms with Crippen LogP contribution in [0.3, 0.4) is 0 Å². The van der Waals surface area contributed by atoms with Crippen molar-refractivity contribution in [3.05, 3.63) is 59.7 Å². The zero-order valence-electron chi connectivity index (χ0n) is 13.9. The minimum Gasteiger partial charge on any atom is -0.497 e. The lowest BCUT2D eigenvalue weighted by atomic mass is 9.88. The number of nitrogens with one attached hydrogen (secondary N) is 1. The van der Waals surface area contributed by atoms with Gasteiger partial charge in [0.05, 0.1) is 13.0 Å². The fraction of sp³-hybridized carbons (Fsp3) is 0.300. The number of rotatable bonds is 6. The second-order valence-corrected chi connectivity index (χ2v) is 6.12. The summed E-state index contributed by atoms with van der Waals surface area (Å²) in [4.78, 5) is 24.9. The Labute approximate surface area is 141 Å². The molecule has 0 fully saturated rings. The molecule has 1 N–H and O–H groups in total. The first-order chi connectivity index (χ1) is 11.6. The Morgan fingerprint density at radius 3 is 2.46 bits per heavy atom. The van der Waals surface area contributed by atoms with Crippen molar-refractivity contribution in [2.24, 2.45) is 0 Å². The van der Waals surface area contributed by atoms with E-state index < -0.39 is 0 Å². The Morgan fingerprint density at radius 2 is 1.75 bits per heavy atom. The molecule has 3 rings (SSSR count). The van der Waals surface area contributed by atoms with E-state index in [9.17, 15) is 9.59 Å². The van der Waals surface area contributed by atoms with Crippen LogP contribution in [0.4, 0.5) is 5.69 Å². The van der Waals surface area contributed by atoms with E-state index in [0.717, 1.165) is 11.3 Å². The third kappa shape index (κ3) is 3.18. The van der Waals surface area contributed by atoms with Crippen LogP contribution in [0.1, 0.15) is 41.6 Å². The molecule has 2 aromatic rings. The average molecular weight is 323 g/mol. The first-order valence-electron chi connectivity index (χ1n) is 8.15. The number of carbonyl (C=O) groups is 2. The number of ether oxygens (including phenoxy) is 1. The summed E-state index contributed by atoms with van der Waals surface area (Å²) >= 11 is 0. The molecule has 124 valence electrons. The summed E-state index contributed by atoms with van der Waals surface area (Å²) in [7, 11) is 1.59. The summed E-state index contributed by atoms with van der Waals surface area (Å²) in [5.41, 5.74) is 2.67. The van der Waals surface area contributed by atoms with Crippen molar-refractivity contribution >= 4 is 17.3 Å². The van der Waals surface area contributed by atoms with Crippen LogP contribution in [0.5, 0.6) is 5.75 Å². The fourth-order valence-corrected chi connectivity index (χ4v) is 3.26. The van der Waals surface area contributed by atoms with Crippen LogP contribution >= 0.6 is 0 Å². The van der Waals surface area contributed by atoms with Crippen LogP contribution in [0.25, 0.3) is 0 Å². The maximum Gasteiger partial charge on any atom is 0.163 e. The molecule has 1 heterocycles. The number of hydrogen-bond acceptors (Lipinski definition) is 4. The molecule has 0 bridgehead atoms. The predicted octanol–water partition coefficient (Wildman–Crippen LogP) is 3.83. The molecule has 0 saturated heterocycles. The van der Waals surface area contributed by atoms with Gasteiger partial charge in [0, 0.05) is 30.1 Å². The molecule has 0 spiro atoms. The number of ketones is 2. The van der Waals surface area contributed by atoms with Crippen LogP contribution in [-0.4, -0.2) is 24.7 Å². The third-order valence-corrected chi connectivity index (χ3v) is 4.54. The van der Waals surface area contributed by atoms with E-state index in [2.05, 4.69) is 5.32 Å². The lowest BCUT2D eigenvalue weighted by Crippen LogP contribution is -2.24. The summed E-state index contributed by atoms with van der Waals surface area (Å²) in [5, 5.41) is 3.34. The standard InChI is InChI=1S/C20H21NO3/c1-13-20(16-5-3-4-6-17(16)21-13)19(23)12-11-18(22)14-7-9-15(24-2)10-8-14/h3-10,13,20-21H,11-12H2,1-2H3. The summed E-state index contributed by atoms with van der Waals surface area (Å²) in [5.74, 6) is 0.634. The molecule has 0 aromatic heterocycles. The zero-order chi connectivity index (χ0) is 17.1. The Hall–Kier alpha value is -2.62. The SMILES string of the molecule is COc1ccc(C(=O)CCC(=O)C2c3ccccc3NC2C)cc1. The second kappa shape index (κ2) is 6.87. The number of hydrogen-bond donors (Lipinski definition) is 1. The molecule has 0 saturated carbocycles. The van der Waals surface area contributed by atoms with Gasteiger partial charge in [0.15, 0.2) is 5.78 Å². The van der Waals surface area contributed by atoms with Gasteiger partial charge in [0.25, 0.3) is 0 Å². The van der Waals surface area contributed by atoms with Gasteiger partial charge in [-0.05, 0) is 42.8 Å². The Bertz CT molecular complexity index is 752. The summed E-state index contributed by atoms with van der Waals surface area (Å²) in [6.45, 7) is 2.01. The highest BCUT2D eigenvalue weighted by molar-refractivity contribution is 5.99. The molecule has 2 unspecified atom stereocenters. The normalized spacial score (nSPS) is 18.6. The van der Waals surface area contributed by atoms with Gasteiger partial charge >= 0.3 is 0 Å². The number of anilines is 1. The zero-order valence-corrected chi connectivity index (χ0v) is 13.9. The van der Waals surface area contributed by atoms with Crippen molar-refractivity contribution < 1.29 is 14.3 Å². The van der Waals surface area contributed by atoms with Crippen molar-refractivity contribution in [1.82, 2.24) is 0 Å². The molecule has 2 atom stereocenters. The van der Waals surface area contributed by atoms with Crippen molar-refractivity contribution in [2.75, 3.05) is 12.4 Å². The number of benzene rings is 2. The largest absolute Gasteiger partial charge is 0.497 e. The smallest absolute Gasteiger partial charge is 0.163 e. The highest BCUT2D eigenvalue weighted by Crippen LogP contribution is 2.37. The maximum atomic E-state index is 12.6. The molecule has 0 amide bonds. The third-order valence-electron chi connectivity index (χ3n) is 4.54. The van der Waals surface area contributed by atoms with E-state index in [1.807, 2.05) is 31.2 Å². The molecule has 0 radical (unpaired) electrons. The van der Waals surface area contributed by atoms with E-state index in [1.165, 1.54) is 0 Å². The predicted molar refractivity (Wildman–Crippen MR) is 93.8 cm³/mol. The topological polar surface area (TPSA) is 55.4 Å². The molecule has 4 heteroatoms. The fourth-order valence-electron chi connectivity index (χ4n) is 3.26. The molecule has 1 aliphatic heterocycles. The Morgan fingerprint density at radius 1 is 1.04 bits per heavy atom. The van der Waals surface area contributed by atoms with Gasteiger partial charge in [-0.25, -0.2) is 0 Å². The molecular formula is C20H21NO3. The number of fused-ring (bicyclic) bond motifs is 1. The lowest BCUT2D eigenvalue weighted by Gasteiger charge is -2.14. The van der Waals surface area contributed by atoms with Gasteiger partial charge in [-0.1, -0.05) is 18.2 Å². The summed E-state index contributed by atoms with van der Waals surface area (Å²) < 4.78 is 5.09. The van der Waals surface area contributed by atoms with E-state index in [4.69, 9.17) is 4.74 Å². The van der Waals surface area contributed by atoms with Gasteiger partial charge in [-0.15, -0.1) is 0 Å². The van der Waals surface area contributed by atoms with Crippen LogP contribution in [0, 0.1) is 0 Å². The van der Waals surface area contributed by atoms with Crippen molar-refractivity contribution in [2.45, 2.75) is 31.7 Å². The maximum absolute atomic E-state index is 12.6. The second-order valence-electron chi connectivity index (χ2n) is 6.12. The van der Waals surface area contributed by atoms with E-state index in [1.54, 1.807) is 31.4 Å². The Kier molecular flexibility index (Phi) is 4.65. The van der Waals surface area contributed by atoms with E-state index in [-0.39, 0.29) is 36.4 Å². The van der Waals surface area contributed by atoms with Crippen LogP contribution < -0.4 is 10.1 Å². The van der Waals surface area contributed by atoms with Crippen molar-refractivity contribution in [3.8, 4) is 5.75 Å². The minimum absolute atomic E-state index is 0.0158. The number of para-hydroxylation sites is 1. The van der Waals surface area contributed by atoms with Gasteiger partial charge in [-0.2, -0.15) is 0 Å². The molecule has 2 aromatic carbocycles. The van der Waals surface area contributed by atoms with Crippen molar-refractivity contribution in [3.63, 3.8) is 0 Å². The minimum atomic E-state index is -0.176. The number of methoxy groups -OCH3 is 1. The lowest BCUT2D eigenvalue weighted by molar-refractivity contribution is -0.120. The first-order valence-corrected chi connectivity index (χ1v) is 8.15. The van der Waals surface area contributed by atoms with Gasteiger partial charge < -0.3 is 10.1 Å². The van der Waals surface area contributed by atoms with Crippen LogP contribution in [0.15, 0.2) is 48.5 Å². The van der Waals surface area contributed by atoms with Crippen LogP contribution in [0.2, 0.25) is 0 Å². The average Bonchev–Trinajstić information content (AvgIpc) is 2.95. The van der Waals surface area contributed by atoms with Gasteiger partial charge in [0.2, 0.25) is 0 Å². The molecule has 1 aliphatic rings. The monoisotopic (exact) mass is 323 g/mol. The van der Waals surface area contributed by atoms with Crippen LogP contribution in [-0.2, 0) is 4.79 Å². The highest BCUT2D eigenvalue weighted by atomic mass is 16.5. The number of carbonyl (C=O) groups excluding carboxylic acids is 2.